The number of fused-ring (bicyclic) bond motifs is 1. The molecule has 1 N–H and O–H groups in total. The molecule has 0 aliphatic carbocycles. The molecule has 5 heteroatoms. The molecule has 3 aromatic rings. The minimum Gasteiger partial charge on any atom is -0.491 e. The molecule has 0 aliphatic heterocycles. The SMILES string of the molecule is CCCCOc1ccccc1Nc1nc(Cl)nc2ccccc12. The zero-order valence-electron chi connectivity index (χ0n) is 12.9. The highest BCUT2D eigenvalue weighted by molar-refractivity contribution is 6.28. The summed E-state index contributed by atoms with van der Waals surface area (Å²) in [5.41, 5.74) is 1.67. The molecular weight excluding hydrogens is 310 g/mol. The van der Waals surface area contributed by atoms with Gasteiger partial charge in [-0.1, -0.05) is 37.6 Å². The van der Waals surface area contributed by atoms with Crippen LogP contribution >= 0.6 is 11.6 Å². The van der Waals surface area contributed by atoms with E-state index in [0.717, 1.165) is 35.2 Å². The van der Waals surface area contributed by atoms with Crippen molar-refractivity contribution in [2.75, 3.05) is 11.9 Å². The molecule has 0 radical (unpaired) electrons. The predicted molar refractivity (Wildman–Crippen MR) is 94.7 cm³/mol. The average molecular weight is 328 g/mol. The van der Waals surface area contributed by atoms with Crippen molar-refractivity contribution in [2.45, 2.75) is 19.8 Å². The van der Waals surface area contributed by atoms with Crippen LogP contribution in [-0.4, -0.2) is 16.6 Å². The van der Waals surface area contributed by atoms with Gasteiger partial charge in [0.05, 0.1) is 17.8 Å². The van der Waals surface area contributed by atoms with Crippen LogP contribution in [0.1, 0.15) is 19.8 Å². The summed E-state index contributed by atoms with van der Waals surface area (Å²) in [6, 6.07) is 15.6. The van der Waals surface area contributed by atoms with E-state index in [9.17, 15) is 0 Å². The molecule has 0 saturated carbocycles. The molecule has 1 heterocycles. The number of para-hydroxylation sites is 3. The molecule has 118 valence electrons. The maximum atomic E-state index is 6.04. The van der Waals surface area contributed by atoms with Gasteiger partial charge in [-0.25, -0.2) is 4.98 Å². The molecule has 3 rings (SSSR count). The second-order valence-corrected chi connectivity index (χ2v) is 5.52. The van der Waals surface area contributed by atoms with Crippen LogP contribution in [0.2, 0.25) is 5.28 Å². The normalized spacial score (nSPS) is 10.7. The van der Waals surface area contributed by atoms with E-state index in [0.29, 0.717) is 12.4 Å². The number of nitrogens with zero attached hydrogens (tertiary/aromatic N) is 2. The predicted octanol–water partition coefficient (Wildman–Crippen LogP) is 5.21. The standard InChI is InChI=1S/C18H18ClN3O/c1-2-3-12-23-16-11-7-6-10-15(16)20-17-13-8-4-5-9-14(13)21-18(19)22-17/h4-11H,2-3,12H2,1H3,(H,20,21,22). The first-order chi connectivity index (χ1) is 11.3. The lowest BCUT2D eigenvalue weighted by Crippen LogP contribution is -2.02. The second-order valence-electron chi connectivity index (χ2n) is 5.18. The lowest BCUT2D eigenvalue weighted by molar-refractivity contribution is 0.311. The lowest BCUT2D eigenvalue weighted by Gasteiger charge is -2.14. The summed E-state index contributed by atoms with van der Waals surface area (Å²) in [6.45, 7) is 2.84. The van der Waals surface area contributed by atoms with Gasteiger partial charge in [0.15, 0.2) is 0 Å². The van der Waals surface area contributed by atoms with Gasteiger partial charge in [-0.15, -0.1) is 0 Å². The Hall–Kier alpha value is -2.33. The second kappa shape index (κ2) is 7.29. The van der Waals surface area contributed by atoms with Gasteiger partial charge in [-0.3, -0.25) is 0 Å². The zero-order valence-corrected chi connectivity index (χ0v) is 13.7. The molecule has 0 fully saturated rings. The summed E-state index contributed by atoms with van der Waals surface area (Å²) in [6.07, 6.45) is 2.12. The molecule has 0 amide bonds. The van der Waals surface area contributed by atoms with Gasteiger partial charge >= 0.3 is 0 Å². The van der Waals surface area contributed by atoms with Crippen LogP contribution in [0.4, 0.5) is 11.5 Å². The van der Waals surface area contributed by atoms with Crippen molar-refractivity contribution in [1.82, 2.24) is 9.97 Å². The van der Waals surface area contributed by atoms with Crippen molar-refractivity contribution < 1.29 is 4.74 Å². The molecule has 0 spiro atoms. The van der Waals surface area contributed by atoms with Crippen molar-refractivity contribution in [3.8, 4) is 5.75 Å². The van der Waals surface area contributed by atoms with Crippen molar-refractivity contribution in [1.29, 1.82) is 0 Å². The van der Waals surface area contributed by atoms with Gasteiger partial charge in [0.1, 0.15) is 11.6 Å². The molecule has 0 unspecified atom stereocenters. The highest BCUT2D eigenvalue weighted by Gasteiger charge is 2.09. The van der Waals surface area contributed by atoms with Crippen molar-refractivity contribution in [2.24, 2.45) is 0 Å². The molecule has 23 heavy (non-hydrogen) atoms. The van der Waals surface area contributed by atoms with E-state index in [1.807, 2.05) is 48.5 Å². The van der Waals surface area contributed by atoms with Gasteiger partial charge in [-0.2, -0.15) is 4.98 Å². The third kappa shape index (κ3) is 3.71. The van der Waals surface area contributed by atoms with Gasteiger partial charge in [0.25, 0.3) is 0 Å². The van der Waals surface area contributed by atoms with Crippen molar-refractivity contribution in [3.63, 3.8) is 0 Å². The number of rotatable bonds is 6. The number of nitrogens with one attached hydrogen (secondary N) is 1. The van der Waals surface area contributed by atoms with Gasteiger partial charge in [0, 0.05) is 5.39 Å². The fraction of sp³-hybridized carbons (Fsp3) is 0.222. The van der Waals surface area contributed by atoms with E-state index in [1.165, 1.54) is 0 Å². The Labute approximate surface area is 140 Å². The molecule has 0 bridgehead atoms. The third-order valence-corrected chi connectivity index (χ3v) is 3.64. The van der Waals surface area contributed by atoms with Gasteiger partial charge in [-0.05, 0) is 42.3 Å². The minimum atomic E-state index is 0.218. The number of hydrogen-bond donors (Lipinski definition) is 1. The molecule has 0 atom stereocenters. The fourth-order valence-electron chi connectivity index (χ4n) is 2.29. The summed E-state index contributed by atoms with van der Waals surface area (Å²) in [5, 5.41) is 4.46. The summed E-state index contributed by atoms with van der Waals surface area (Å²) in [7, 11) is 0. The topological polar surface area (TPSA) is 47.0 Å². The quantitative estimate of drug-likeness (QED) is 0.499. The van der Waals surface area contributed by atoms with E-state index in [2.05, 4.69) is 22.2 Å². The Bertz CT molecular complexity index is 807. The van der Waals surface area contributed by atoms with Crippen LogP contribution in [0.15, 0.2) is 48.5 Å². The maximum Gasteiger partial charge on any atom is 0.224 e. The number of aromatic nitrogens is 2. The largest absolute Gasteiger partial charge is 0.491 e. The Morgan fingerprint density at radius 3 is 2.70 bits per heavy atom. The molecule has 0 aliphatic rings. The Morgan fingerprint density at radius 2 is 1.83 bits per heavy atom. The first-order valence-corrected chi connectivity index (χ1v) is 8.07. The number of hydrogen-bond acceptors (Lipinski definition) is 4. The van der Waals surface area contributed by atoms with Gasteiger partial charge in [0.2, 0.25) is 5.28 Å². The summed E-state index contributed by atoms with van der Waals surface area (Å²) < 4.78 is 5.85. The fourth-order valence-corrected chi connectivity index (χ4v) is 2.47. The third-order valence-electron chi connectivity index (χ3n) is 3.47. The zero-order chi connectivity index (χ0) is 16.1. The highest BCUT2D eigenvalue weighted by Crippen LogP contribution is 2.30. The monoisotopic (exact) mass is 327 g/mol. The summed E-state index contributed by atoms with van der Waals surface area (Å²) in [5.74, 6) is 1.48. The first kappa shape index (κ1) is 15.6. The van der Waals surface area contributed by atoms with E-state index in [-0.39, 0.29) is 5.28 Å². The van der Waals surface area contributed by atoms with Crippen LogP contribution in [-0.2, 0) is 0 Å². The van der Waals surface area contributed by atoms with E-state index >= 15 is 0 Å². The molecule has 0 saturated heterocycles. The van der Waals surface area contributed by atoms with E-state index < -0.39 is 0 Å². The average Bonchev–Trinajstić information content (AvgIpc) is 2.56. The number of unbranched alkanes of at least 4 members (excludes halogenated alkanes) is 1. The van der Waals surface area contributed by atoms with Crippen LogP contribution in [0.3, 0.4) is 0 Å². The minimum absolute atomic E-state index is 0.218. The smallest absolute Gasteiger partial charge is 0.224 e. The Kier molecular flexibility index (Phi) is 4.93. The number of halogens is 1. The van der Waals surface area contributed by atoms with E-state index in [1.54, 1.807) is 0 Å². The van der Waals surface area contributed by atoms with Gasteiger partial charge < -0.3 is 10.1 Å². The number of benzene rings is 2. The Morgan fingerprint density at radius 1 is 1.04 bits per heavy atom. The Balaban J connectivity index is 1.93. The van der Waals surface area contributed by atoms with Crippen molar-refractivity contribution in [3.05, 3.63) is 53.8 Å². The molecule has 4 nitrogen and oxygen atoms in total. The molecular formula is C18H18ClN3O. The van der Waals surface area contributed by atoms with Crippen LogP contribution in [0, 0.1) is 0 Å². The number of anilines is 2. The molecule has 1 aromatic heterocycles. The summed E-state index contributed by atoms with van der Waals surface area (Å²) >= 11 is 6.04. The lowest BCUT2D eigenvalue weighted by atomic mass is 10.2. The maximum absolute atomic E-state index is 6.04. The van der Waals surface area contributed by atoms with Crippen LogP contribution < -0.4 is 10.1 Å². The highest BCUT2D eigenvalue weighted by atomic mass is 35.5. The van der Waals surface area contributed by atoms with E-state index in [4.69, 9.17) is 16.3 Å². The summed E-state index contributed by atoms with van der Waals surface area (Å²) in [4.78, 5) is 8.57. The first-order valence-electron chi connectivity index (χ1n) is 7.69. The van der Waals surface area contributed by atoms with Crippen LogP contribution in [0.5, 0.6) is 5.75 Å². The molecule has 2 aromatic carbocycles. The van der Waals surface area contributed by atoms with Crippen molar-refractivity contribution >= 4 is 34.0 Å². The van der Waals surface area contributed by atoms with Crippen LogP contribution in [0.25, 0.3) is 10.9 Å². The number of ether oxygens (including phenoxy) is 1.